The Hall–Kier alpha value is -0.990. The molecule has 0 fully saturated rings. The Balaban J connectivity index is 4.30. The SMILES string of the molecule is CC(C)C/C=C(\C(=O)O)N(C)C. The van der Waals surface area contributed by atoms with Crippen LogP contribution in [0.25, 0.3) is 0 Å². The number of carbonyl (C=O) groups is 1. The van der Waals surface area contributed by atoms with E-state index in [1.165, 1.54) is 0 Å². The lowest BCUT2D eigenvalue weighted by Crippen LogP contribution is -2.18. The molecule has 0 bridgehead atoms. The minimum absolute atomic E-state index is 0.365. The minimum atomic E-state index is -0.861. The van der Waals surface area contributed by atoms with Crippen LogP contribution in [0.5, 0.6) is 0 Å². The average molecular weight is 171 g/mol. The maximum Gasteiger partial charge on any atom is 0.351 e. The monoisotopic (exact) mass is 171 g/mol. The number of carboxylic acids is 1. The van der Waals surface area contributed by atoms with Gasteiger partial charge in [0.1, 0.15) is 5.70 Å². The lowest BCUT2D eigenvalue weighted by atomic mass is 10.1. The summed E-state index contributed by atoms with van der Waals surface area (Å²) in [6.45, 7) is 4.12. The maximum absolute atomic E-state index is 10.6. The molecule has 0 saturated heterocycles. The molecule has 3 nitrogen and oxygen atoms in total. The second-order valence-electron chi connectivity index (χ2n) is 3.42. The summed E-state index contributed by atoms with van der Waals surface area (Å²) in [5.74, 6) is -0.361. The second kappa shape index (κ2) is 4.80. The van der Waals surface area contributed by atoms with Gasteiger partial charge in [-0.2, -0.15) is 0 Å². The van der Waals surface area contributed by atoms with E-state index in [1.807, 2.05) is 0 Å². The van der Waals surface area contributed by atoms with Crippen molar-refractivity contribution in [1.82, 2.24) is 4.90 Å². The van der Waals surface area contributed by atoms with Crippen LogP contribution < -0.4 is 0 Å². The van der Waals surface area contributed by atoms with E-state index in [0.29, 0.717) is 11.6 Å². The topological polar surface area (TPSA) is 40.5 Å². The van der Waals surface area contributed by atoms with E-state index in [-0.39, 0.29) is 0 Å². The molecule has 0 unspecified atom stereocenters. The Bertz CT molecular complexity index is 183. The van der Waals surface area contributed by atoms with Gasteiger partial charge in [-0.15, -0.1) is 0 Å². The van der Waals surface area contributed by atoms with Gasteiger partial charge in [-0.05, 0) is 12.3 Å². The highest BCUT2D eigenvalue weighted by molar-refractivity contribution is 5.85. The zero-order valence-corrected chi connectivity index (χ0v) is 8.16. The molecule has 0 heterocycles. The fourth-order valence-corrected chi connectivity index (χ4v) is 0.809. The summed E-state index contributed by atoms with van der Waals surface area (Å²) < 4.78 is 0. The molecule has 0 aliphatic rings. The van der Waals surface area contributed by atoms with Crippen LogP contribution in [0.1, 0.15) is 20.3 Å². The smallest absolute Gasteiger partial charge is 0.351 e. The molecule has 0 rings (SSSR count). The quantitative estimate of drug-likeness (QED) is 0.652. The maximum atomic E-state index is 10.6. The van der Waals surface area contributed by atoms with Crippen molar-refractivity contribution >= 4 is 5.97 Å². The molecular weight excluding hydrogens is 154 g/mol. The van der Waals surface area contributed by atoms with Gasteiger partial charge in [-0.3, -0.25) is 0 Å². The van der Waals surface area contributed by atoms with E-state index in [0.717, 1.165) is 6.42 Å². The van der Waals surface area contributed by atoms with E-state index < -0.39 is 5.97 Å². The Morgan fingerprint density at radius 2 is 2.00 bits per heavy atom. The number of likely N-dealkylation sites (N-methyl/N-ethyl adjacent to an activating group) is 1. The summed E-state index contributed by atoms with van der Waals surface area (Å²) in [7, 11) is 3.47. The Labute approximate surface area is 73.7 Å². The second-order valence-corrected chi connectivity index (χ2v) is 3.42. The standard InChI is InChI=1S/C9H17NO2/c1-7(2)5-6-8(9(11)12)10(3)4/h6-7H,5H2,1-4H3,(H,11,12)/b8-6+. The fraction of sp³-hybridized carbons (Fsp3) is 0.667. The highest BCUT2D eigenvalue weighted by Gasteiger charge is 2.08. The lowest BCUT2D eigenvalue weighted by molar-refractivity contribution is -0.134. The summed E-state index contributed by atoms with van der Waals surface area (Å²) in [5, 5.41) is 8.75. The summed E-state index contributed by atoms with van der Waals surface area (Å²) in [5.41, 5.74) is 0.365. The summed E-state index contributed by atoms with van der Waals surface area (Å²) >= 11 is 0. The van der Waals surface area contributed by atoms with Crippen LogP contribution in [0.2, 0.25) is 0 Å². The van der Waals surface area contributed by atoms with Gasteiger partial charge in [-0.25, -0.2) is 4.79 Å². The molecule has 0 aromatic heterocycles. The molecule has 0 aromatic carbocycles. The van der Waals surface area contributed by atoms with E-state index in [4.69, 9.17) is 5.11 Å². The summed E-state index contributed by atoms with van der Waals surface area (Å²) in [4.78, 5) is 12.3. The van der Waals surface area contributed by atoms with E-state index >= 15 is 0 Å². The number of rotatable bonds is 4. The van der Waals surface area contributed by atoms with Gasteiger partial charge >= 0.3 is 5.97 Å². The zero-order chi connectivity index (χ0) is 9.72. The van der Waals surface area contributed by atoms with Crippen LogP contribution in [-0.2, 0) is 4.79 Å². The molecule has 0 aliphatic carbocycles. The first-order chi connectivity index (χ1) is 5.45. The first-order valence-corrected chi connectivity index (χ1v) is 4.06. The van der Waals surface area contributed by atoms with Gasteiger partial charge in [0.05, 0.1) is 0 Å². The predicted octanol–water partition coefficient (Wildman–Crippen LogP) is 1.56. The van der Waals surface area contributed by atoms with Crippen LogP contribution in [-0.4, -0.2) is 30.1 Å². The zero-order valence-electron chi connectivity index (χ0n) is 8.16. The molecule has 0 spiro atoms. The first kappa shape index (κ1) is 11.0. The molecule has 70 valence electrons. The van der Waals surface area contributed by atoms with Gasteiger partial charge in [0.2, 0.25) is 0 Å². The molecular formula is C9H17NO2. The molecule has 0 aliphatic heterocycles. The average Bonchev–Trinajstić information content (AvgIpc) is 1.84. The highest BCUT2D eigenvalue weighted by Crippen LogP contribution is 2.06. The molecule has 3 heteroatoms. The van der Waals surface area contributed by atoms with Crippen LogP contribution in [0.15, 0.2) is 11.8 Å². The van der Waals surface area contributed by atoms with Gasteiger partial charge in [0, 0.05) is 14.1 Å². The Morgan fingerprint density at radius 3 is 2.25 bits per heavy atom. The van der Waals surface area contributed by atoms with Crippen LogP contribution >= 0.6 is 0 Å². The number of hydrogen-bond acceptors (Lipinski definition) is 2. The number of carboxylic acid groups (broad SMARTS) is 1. The van der Waals surface area contributed by atoms with Crippen molar-refractivity contribution in [2.75, 3.05) is 14.1 Å². The van der Waals surface area contributed by atoms with E-state index in [9.17, 15) is 4.79 Å². The summed E-state index contributed by atoms with van der Waals surface area (Å²) in [6, 6.07) is 0. The molecule has 0 atom stereocenters. The van der Waals surface area contributed by atoms with Crippen molar-refractivity contribution in [3.8, 4) is 0 Å². The highest BCUT2D eigenvalue weighted by atomic mass is 16.4. The largest absolute Gasteiger partial charge is 0.477 e. The third-order valence-corrected chi connectivity index (χ3v) is 1.48. The molecule has 0 saturated carbocycles. The Kier molecular flexibility index (Phi) is 4.40. The van der Waals surface area contributed by atoms with Crippen LogP contribution in [0.4, 0.5) is 0 Å². The van der Waals surface area contributed by atoms with Crippen molar-refractivity contribution in [3.05, 3.63) is 11.8 Å². The third-order valence-electron chi connectivity index (χ3n) is 1.48. The molecule has 0 radical (unpaired) electrons. The van der Waals surface area contributed by atoms with Crippen molar-refractivity contribution in [1.29, 1.82) is 0 Å². The van der Waals surface area contributed by atoms with Crippen LogP contribution in [0, 0.1) is 5.92 Å². The summed E-state index contributed by atoms with van der Waals surface area (Å²) in [6.07, 6.45) is 2.56. The molecule has 12 heavy (non-hydrogen) atoms. The normalized spacial score (nSPS) is 11.9. The van der Waals surface area contributed by atoms with Crippen molar-refractivity contribution in [3.63, 3.8) is 0 Å². The number of nitrogens with zero attached hydrogens (tertiary/aromatic N) is 1. The number of hydrogen-bond donors (Lipinski definition) is 1. The molecule has 0 aromatic rings. The fourth-order valence-electron chi connectivity index (χ4n) is 0.809. The number of aliphatic carboxylic acids is 1. The van der Waals surface area contributed by atoms with Crippen molar-refractivity contribution < 1.29 is 9.90 Å². The minimum Gasteiger partial charge on any atom is -0.477 e. The first-order valence-electron chi connectivity index (χ1n) is 4.06. The number of allylic oxidation sites excluding steroid dienone is 1. The van der Waals surface area contributed by atoms with Gasteiger partial charge in [0.25, 0.3) is 0 Å². The Morgan fingerprint density at radius 1 is 1.50 bits per heavy atom. The third kappa shape index (κ3) is 4.01. The van der Waals surface area contributed by atoms with Gasteiger partial charge < -0.3 is 10.0 Å². The molecule has 0 amide bonds. The van der Waals surface area contributed by atoms with Crippen molar-refractivity contribution in [2.24, 2.45) is 5.92 Å². The van der Waals surface area contributed by atoms with Crippen LogP contribution in [0.3, 0.4) is 0 Å². The van der Waals surface area contributed by atoms with E-state index in [1.54, 1.807) is 25.1 Å². The lowest BCUT2D eigenvalue weighted by Gasteiger charge is -2.13. The van der Waals surface area contributed by atoms with E-state index in [2.05, 4.69) is 13.8 Å². The van der Waals surface area contributed by atoms with Crippen molar-refractivity contribution in [2.45, 2.75) is 20.3 Å². The van der Waals surface area contributed by atoms with Gasteiger partial charge in [0.15, 0.2) is 0 Å². The predicted molar refractivity (Wildman–Crippen MR) is 48.9 cm³/mol. The molecule has 1 N–H and O–H groups in total. The van der Waals surface area contributed by atoms with Gasteiger partial charge in [-0.1, -0.05) is 19.9 Å².